The van der Waals surface area contributed by atoms with Crippen molar-refractivity contribution in [2.24, 2.45) is 0 Å². The summed E-state index contributed by atoms with van der Waals surface area (Å²) in [5.41, 5.74) is 0.0686. The first kappa shape index (κ1) is 12.8. The molecular weight excluding hydrogens is 232 g/mol. The molecule has 0 bridgehead atoms. The van der Waals surface area contributed by atoms with E-state index in [0.717, 1.165) is 19.3 Å². The highest BCUT2D eigenvalue weighted by atomic mass is 16.3. The molecule has 0 saturated heterocycles. The molecule has 0 unspecified atom stereocenters. The summed E-state index contributed by atoms with van der Waals surface area (Å²) in [6.45, 7) is 0.0903. The maximum atomic E-state index is 11.6. The molecule has 1 aromatic heterocycles. The summed E-state index contributed by atoms with van der Waals surface area (Å²) in [5, 5.41) is 20.4. The SMILES string of the molecule is CN(C)C(=O)c1ccc(NC2(CO)CCC2)nn1. The van der Waals surface area contributed by atoms with Gasteiger partial charge in [0.15, 0.2) is 5.69 Å². The largest absolute Gasteiger partial charge is 0.394 e. The van der Waals surface area contributed by atoms with Crippen LogP contribution in [0, 0.1) is 0 Å². The van der Waals surface area contributed by atoms with Crippen molar-refractivity contribution in [3.8, 4) is 0 Å². The molecule has 2 rings (SSSR count). The van der Waals surface area contributed by atoms with Crippen LogP contribution < -0.4 is 5.32 Å². The van der Waals surface area contributed by atoms with E-state index >= 15 is 0 Å². The highest BCUT2D eigenvalue weighted by Crippen LogP contribution is 2.34. The normalized spacial score (nSPS) is 16.8. The number of hydrogen-bond acceptors (Lipinski definition) is 5. The summed E-state index contributed by atoms with van der Waals surface area (Å²) >= 11 is 0. The van der Waals surface area contributed by atoms with Gasteiger partial charge in [0.05, 0.1) is 12.1 Å². The maximum absolute atomic E-state index is 11.6. The molecule has 0 radical (unpaired) electrons. The monoisotopic (exact) mass is 250 g/mol. The van der Waals surface area contributed by atoms with Gasteiger partial charge < -0.3 is 15.3 Å². The highest BCUT2D eigenvalue weighted by Gasteiger charge is 2.36. The molecule has 1 amide bonds. The molecule has 1 aliphatic carbocycles. The lowest BCUT2D eigenvalue weighted by Gasteiger charge is -2.41. The van der Waals surface area contributed by atoms with Crippen molar-refractivity contribution < 1.29 is 9.90 Å². The average Bonchev–Trinajstić information content (AvgIpc) is 2.33. The summed E-state index contributed by atoms with van der Waals surface area (Å²) in [6, 6.07) is 3.36. The summed E-state index contributed by atoms with van der Waals surface area (Å²) in [4.78, 5) is 13.1. The third kappa shape index (κ3) is 2.43. The Kier molecular flexibility index (Phi) is 3.47. The second kappa shape index (κ2) is 4.89. The number of aromatic nitrogens is 2. The molecule has 18 heavy (non-hydrogen) atoms. The molecular formula is C12H18N4O2. The zero-order valence-electron chi connectivity index (χ0n) is 10.7. The maximum Gasteiger partial charge on any atom is 0.273 e. The van der Waals surface area contributed by atoms with E-state index in [9.17, 15) is 9.90 Å². The third-order valence-corrected chi connectivity index (χ3v) is 3.30. The van der Waals surface area contributed by atoms with Crippen molar-refractivity contribution in [3.05, 3.63) is 17.8 Å². The van der Waals surface area contributed by atoms with Crippen molar-refractivity contribution in [2.45, 2.75) is 24.8 Å². The lowest BCUT2D eigenvalue weighted by atomic mass is 9.77. The minimum Gasteiger partial charge on any atom is -0.394 e. The quantitative estimate of drug-likeness (QED) is 0.814. The van der Waals surface area contributed by atoms with Gasteiger partial charge in [0.2, 0.25) is 0 Å². The van der Waals surface area contributed by atoms with Crippen LogP contribution in [0.4, 0.5) is 5.82 Å². The van der Waals surface area contributed by atoms with Gasteiger partial charge in [-0.05, 0) is 31.4 Å². The van der Waals surface area contributed by atoms with Crippen molar-refractivity contribution >= 4 is 11.7 Å². The fraction of sp³-hybridized carbons (Fsp3) is 0.583. The van der Waals surface area contributed by atoms with Crippen LogP contribution in [0.2, 0.25) is 0 Å². The van der Waals surface area contributed by atoms with Crippen LogP contribution in [-0.2, 0) is 0 Å². The lowest BCUT2D eigenvalue weighted by molar-refractivity contribution is 0.0821. The number of aliphatic hydroxyl groups is 1. The number of nitrogens with zero attached hydrogens (tertiary/aromatic N) is 3. The number of amides is 1. The number of rotatable bonds is 4. The summed E-state index contributed by atoms with van der Waals surface area (Å²) < 4.78 is 0. The Morgan fingerprint density at radius 2 is 2.17 bits per heavy atom. The van der Waals surface area contributed by atoms with Gasteiger partial charge in [-0.1, -0.05) is 0 Å². The first-order chi connectivity index (χ1) is 8.56. The average molecular weight is 250 g/mol. The molecule has 0 spiro atoms. The number of carbonyl (C=O) groups is 1. The number of anilines is 1. The molecule has 0 atom stereocenters. The predicted molar refractivity (Wildman–Crippen MR) is 67.3 cm³/mol. The van der Waals surface area contributed by atoms with Gasteiger partial charge in [0, 0.05) is 14.1 Å². The smallest absolute Gasteiger partial charge is 0.273 e. The van der Waals surface area contributed by atoms with Crippen LogP contribution in [0.25, 0.3) is 0 Å². The topological polar surface area (TPSA) is 78.4 Å². The van der Waals surface area contributed by atoms with Gasteiger partial charge in [0.1, 0.15) is 5.82 Å². The molecule has 1 heterocycles. The molecule has 2 N–H and O–H groups in total. The van der Waals surface area contributed by atoms with E-state index in [1.165, 1.54) is 4.90 Å². The fourth-order valence-corrected chi connectivity index (χ4v) is 1.94. The van der Waals surface area contributed by atoms with Crippen LogP contribution in [0.3, 0.4) is 0 Å². The molecule has 1 aliphatic rings. The molecule has 98 valence electrons. The summed E-state index contributed by atoms with van der Waals surface area (Å²) in [7, 11) is 3.34. The molecule has 1 aromatic rings. The highest BCUT2D eigenvalue weighted by molar-refractivity contribution is 5.91. The Balaban J connectivity index is 2.06. The zero-order valence-corrected chi connectivity index (χ0v) is 10.7. The summed E-state index contributed by atoms with van der Waals surface area (Å²) in [5.74, 6) is 0.425. The first-order valence-electron chi connectivity index (χ1n) is 6.01. The molecule has 6 nitrogen and oxygen atoms in total. The van der Waals surface area contributed by atoms with E-state index < -0.39 is 0 Å². The Morgan fingerprint density at radius 3 is 2.56 bits per heavy atom. The van der Waals surface area contributed by atoms with Gasteiger partial charge in [-0.3, -0.25) is 4.79 Å². The standard InChI is InChI=1S/C12H18N4O2/c1-16(2)11(18)9-4-5-10(15-14-9)13-12(8-17)6-3-7-12/h4-5,17H,3,6-8H2,1-2H3,(H,13,15). The first-order valence-corrected chi connectivity index (χ1v) is 6.01. The van der Waals surface area contributed by atoms with Crippen molar-refractivity contribution in [3.63, 3.8) is 0 Å². The third-order valence-electron chi connectivity index (χ3n) is 3.30. The number of nitrogens with one attached hydrogen (secondary N) is 1. The Morgan fingerprint density at radius 1 is 1.44 bits per heavy atom. The van der Waals surface area contributed by atoms with E-state index in [-0.39, 0.29) is 18.1 Å². The molecule has 1 saturated carbocycles. The zero-order chi connectivity index (χ0) is 13.2. The molecule has 6 heteroatoms. The minimum absolute atomic E-state index is 0.0903. The van der Waals surface area contributed by atoms with E-state index in [2.05, 4.69) is 15.5 Å². The lowest BCUT2D eigenvalue weighted by Crippen LogP contribution is -2.48. The van der Waals surface area contributed by atoms with E-state index in [1.807, 2.05) is 0 Å². The Labute approximate surface area is 106 Å². The van der Waals surface area contributed by atoms with Crippen molar-refractivity contribution in [2.75, 3.05) is 26.0 Å². The predicted octanol–water partition coefficient (Wildman–Crippen LogP) is 0.505. The number of carbonyl (C=O) groups excluding carboxylic acids is 1. The van der Waals surface area contributed by atoms with Gasteiger partial charge >= 0.3 is 0 Å². The molecule has 1 fully saturated rings. The van der Waals surface area contributed by atoms with Gasteiger partial charge in [-0.2, -0.15) is 0 Å². The molecule has 0 aliphatic heterocycles. The van der Waals surface area contributed by atoms with Crippen LogP contribution in [0.1, 0.15) is 29.8 Å². The Hall–Kier alpha value is -1.69. The van der Waals surface area contributed by atoms with Gasteiger partial charge in [-0.25, -0.2) is 0 Å². The number of hydrogen-bond donors (Lipinski definition) is 2. The van der Waals surface area contributed by atoms with Crippen LogP contribution >= 0.6 is 0 Å². The number of aliphatic hydroxyl groups excluding tert-OH is 1. The van der Waals surface area contributed by atoms with E-state index in [1.54, 1.807) is 26.2 Å². The van der Waals surface area contributed by atoms with Gasteiger partial charge in [0.25, 0.3) is 5.91 Å². The molecule has 0 aromatic carbocycles. The second-order valence-electron chi connectivity index (χ2n) is 4.92. The Bertz CT molecular complexity index is 421. The second-order valence-corrected chi connectivity index (χ2v) is 4.92. The van der Waals surface area contributed by atoms with Crippen molar-refractivity contribution in [1.29, 1.82) is 0 Å². The van der Waals surface area contributed by atoms with Crippen LogP contribution in [0.15, 0.2) is 12.1 Å². The van der Waals surface area contributed by atoms with Crippen LogP contribution in [0.5, 0.6) is 0 Å². The van der Waals surface area contributed by atoms with E-state index in [4.69, 9.17) is 0 Å². The fourth-order valence-electron chi connectivity index (χ4n) is 1.94. The van der Waals surface area contributed by atoms with Crippen LogP contribution in [-0.4, -0.2) is 52.4 Å². The van der Waals surface area contributed by atoms with E-state index in [0.29, 0.717) is 11.5 Å². The minimum atomic E-state index is -0.248. The van der Waals surface area contributed by atoms with Crippen molar-refractivity contribution in [1.82, 2.24) is 15.1 Å². The van der Waals surface area contributed by atoms with Gasteiger partial charge in [-0.15, -0.1) is 10.2 Å². The summed E-state index contributed by atoms with van der Waals surface area (Å²) in [6.07, 6.45) is 2.98.